The Labute approximate surface area is 151 Å². The molecule has 0 unspecified atom stereocenters. The van der Waals surface area contributed by atoms with Gasteiger partial charge in [0.05, 0.1) is 22.7 Å². The third-order valence-corrected chi connectivity index (χ3v) is 4.97. The Bertz CT molecular complexity index is 869. The fraction of sp³-hybridized carbons (Fsp3) is 0.188. The zero-order valence-electron chi connectivity index (χ0n) is 13.1. The van der Waals surface area contributed by atoms with Crippen LogP contribution in [0.1, 0.15) is 5.56 Å². The lowest BCUT2D eigenvalue weighted by Crippen LogP contribution is -2.37. The smallest absolute Gasteiger partial charge is 0.245 e. The summed E-state index contributed by atoms with van der Waals surface area (Å²) in [5.74, 6) is -0.521. The number of benzene rings is 2. The van der Waals surface area contributed by atoms with E-state index in [2.05, 4.69) is 5.32 Å². The third kappa shape index (κ3) is 4.63. The number of sulfonamides is 1. The van der Waals surface area contributed by atoms with Crippen LogP contribution in [-0.4, -0.2) is 27.1 Å². The second kappa shape index (κ2) is 7.42. The molecular formula is C16H16Cl2N2O3S. The van der Waals surface area contributed by atoms with Crippen LogP contribution in [0.15, 0.2) is 42.5 Å². The molecule has 0 saturated heterocycles. The first kappa shape index (κ1) is 18.6. The summed E-state index contributed by atoms with van der Waals surface area (Å²) in [6.45, 7) is 1.41. The SMILES string of the molecule is Cc1ccccc1N(CC(=O)Nc1cc(Cl)ccc1Cl)S(C)(=O)=O. The highest BCUT2D eigenvalue weighted by Crippen LogP contribution is 2.26. The van der Waals surface area contributed by atoms with Crippen LogP contribution in [0, 0.1) is 6.92 Å². The molecule has 5 nitrogen and oxygen atoms in total. The van der Waals surface area contributed by atoms with E-state index in [9.17, 15) is 13.2 Å². The van der Waals surface area contributed by atoms with E-state index in [0.717, 1.165) is 16.1 Å². The molecule has 0 aliphatic carbocycles. The molecule has 0 heterocycles. The molecule has 0 bridgehead atoms. The van der Waals surface area contributed by atoms with Gasteiger partial charge in [0.25, 0.3) is 0 Å². The largest absolute Gasteiger partial charge is 0.323 e. The average molecular weight is 387 g/mol. The summed E-state index contributed by atoms with van der Waals surface area (Å²) >= 11 is 11.9. The Morgan fingerprint density at radius 3 is 2.46 bits per heavy atom. The van der Waals surface area contributed by atoms with Gasteiger partial charge in [-0.25, -0.2) is 8.42 Å². The van der Waals surface area contributed by atoms with Crippen LogP contribution in [0.25, 0.3) is 0 Å². The monoisotopic (exact) mass is 386 g/mol. The van der Waals surface area contributed by atoms with Crippen molar-refractivity contribution in [1.29, 1.82) is 0 Å². The maximum Gasteiger partial charge on any atom is 0.245 e. The second-order valence-corrected chi connectivity index (χ2v) is 7.98. The first-order valence-electron chi connectivity index (χ1n) is 6.97. The first-order chi connectivity index (χ1) is 11.2. The van der Waals surface area contributed by atoms with Crippen LogP contribution in [-0.2, 0) is 14.8 Å². The van der Waals surface area contributed by atoms with E-state index >= 15 is 0 Å². The molecule has 8 heteroatoms. The van der Waals surface area contributed by atoms with Crippen molar-refractivity contribution in [2.75, 3.05) is 22.4 Å². The van der Waals surface area contributed by atoms with Crippen LogP contribution in [0.2, 0.25) is 10.0 Å². The number of anilines is 2. The van der Waals surface area contributed by atoms with Gasteiger partial charge in [-0.1, -0.05) is 41.4 Å². The van der Waals surface area contributed by atoms with Crippen molar-refractivity contribution in [3.8, 4) is 0 Å². The van der Waals surface area contributed by atoms with Gasteiger partial charge in [0, 0.05) is 5.02 Å². The highest BCUT2D eigenvalue weighted by molar-refractivity contribution is 7.92. The molecule has 24 heavy (non-hydrogen) atoms. The van der Waals surface area contributed by atoms with Crippen molar-refractivity contribution in [2.45, 2.75) is 6.92 Å². The fourth-order valence-corrected chi connectivity index (χ4v) is 3.39. The van der Waals surface area contributed by atoms with E-state index in [-0.39, 0.29) is 6.54 Å². The third-order valence-electron chi connectivity index (χ3n) is 3.27. The highest BCUT2D eigenvalue weighted by Gasteiger charge is 2.22. The Morgan fingerprint density at radius 1 is 1.17 bits per heavy atom. The minimum atomic E-state index is -3.63. The predicted molar refractivity (Wildman–Crippen MR) is 98.5 cm³/mol. The van der Waals surface area contributed by atoms with Gasteiger partial charge < -0.3 is 5.32 Å². The maximum absolute atomic E-state index is 12.3. The summed E-state index contributed by atoms with van der Waals surface area (Å²) in [6, 6.07) is 11.6. The van der Waals surface area contributed by atoms with Gasteiger partial charge in [-0.05, 0) is 36.8 Å². The van der Waals surface area contributed by atoms with Crippen molar-refractivity contribution in [1.82, 2.24) is 0 Å². The fourth-order valence-electron chi connectivity index (χ4n) is 2.14. The van der Waals surface area contributed by atoms with Crippen molar-refractivity contribution in [3.63, 3.8) is 0 Å². The van der Waals surface area contributed by atoms with E-state index in [1.54, 1.807) is 43.3 Å². The molecule has 128 valence electrons. The molecule has 0 aromatic heterocycles. The molecule has 1 amide bonds. The van der Waals surface area contributed by atoms with Gasteiger partial charge in [0.1, 0.15) is 6.54 Å². The molecule has 0 fully saturated rings. The normalized spacial score (nSPS) is 11.2. The predicted octanol–water partition coefficient (Wildman–Crippen LogP) is 3.71. The van der Waals surface area contributed by atoms with Crippen LogP contribution in [0.5, 0.6) is 0 Å². The molecule has 1 N–H and O–H groups in total. The lowest BCUT2D eigenvalue weighted by Gasteiger charge is -2.23. The summed E-state index contributed by atoms with van der Waals surface area (Å²) in [5.41, 5.74) is 1.52. The second-order valence-electron chi connectivity index (χ2n) is 5.23. The summed E-state index contributed by atoms with van der Waals surface area (Å²) in [4.78, 5) is 12.3. The van der Waals surface area contributed by atoms with Gasteiger partial charge in [0.2, 0.25) is 15.9 Å². The maximum atomic E-state index is 12.3. The number of rotatable bonds is 5. The van der Waals surface area contributed by atoms with E-state index in [1.165, 1.54) is 6.07 Å². The number of carbonyl (C=O) groups is 1. The van der Waals surface area contributed by atoms with Gasteiger partial charge in [-0.2, -0.15) is 0 Å². The number of hydrogen-bond acceptors (Lipinski definition) is 3. The zero-order valence-corrected chi connectivity index (χ0v) is 15.4. The number of halogens is 2. The van der Waals surface area contributed by atoms with Gasteiger partial charge in [-0.3, -0.25) is 9.10 Å². The summed E-state index contributed by atoms with van der Waals surface area (Å²) < 4.78 is 25.2. The lowest BCUT2D eigenvalue weighted by atomic mass is 10.2. The highest BCUT2D eigenvalue weighted by atomic mass is 35.5. The van der Waals surface area contributed by atoms with Gasteiger partial charge in [0.15, 0.2) is 0 Å². The van der Waals surface area contributed by atoms with Gasteiger partial charge >= 0.3 is 0 Å². The Balaban J connectivity index is 2.26. The molecule has 0 spiro atoms. The topological polar surface area (TPSA) is 66.5 Å². The molecule has 0 aliphatic heterocycles. The molecular weight excluding hydrogens is 371 g/mol. The molecule has 2 rings (SSSR count). The van der Waals surface area contributed by atoms with Crippen molar-refractivity contribution in [2.24, 2.45) is 0 Å². The molecule has 2 aromatic carbocycles. The van der Waals surface area contributed by atoms with E-state index < -0.39 is 15.9 Å². The number of para-hydroxylation sites is 1. The van der Waals surface area contributed by atoms with E-state index in [1.807, 2.05) is 0 Å². The molecule has 0 radical (unpaired) electrons. The Kier molecular flexibility index (Phi) is 5.74. The first-order valence-corrected chi connectivity index (χ1v) is 9.57. The number of hydrogen-bond donors (Lipinski definition) is 1. The summed E-state index contributed by atoms with van der Waals surface area (Å²) in [6.07, 6.45) is 1.05. The number of amides is 1. The standard InChI is InChI=1S/C16H16Cl2N2O3S/c1-11-5-3-4-6-15(11)20(24(2,22)23)10-16(21)19-14-9-12(17)7-8-13(14)18/h3-9H,10H2,1-2H3,(H,19,21). The van der Waals surface area contributed by atoms with E-state index in [0.29, 0.717) is 21.4 Å². The average Bonchev–Trinajstić information content (AvgIpc) is 2.48. The van der Waals surface area contributed by atoms with Crippen LogP contribution >= 0.6 is 23.2 Å². The van der Waals surface area contributed by atoms with Crippen molar-refractivity contribution < 1.29 is 13.2 Å². The number of aryl methyl sites for hydroxylation is 1. The minimum Gasteiger partial charge on any atom is -0.323 e. The van der Waals surface area contributed by atoms with Crippen LogP contribution in [0.3, 0.4) is 0 Å². The number of nitrogens with one attached hydrogen (secondary N) is 1. The van der Waals surface area contributed by atoms with Crippen LogP contribution < -0.4 is 9.62 Å². The number of carbonyl (C=O) groups excluding carboxylic acids is 1. The minimum absolute atomic E-state index is 0.314. The summed E-state index contributed by atoms with van der Waals surface area (Å²) in [5, 5.41) is 3.31. The van der Waals surface area contributed by atoms with Crippen molar-refractivity contribution >= 4 is 50.5 Å². The lowest BCUT2D eigenvalue weighted by molar-refractivity contribution is -0.114. The van der Waals surface area contributed by atoms with E-state index in [4.69, 9.17) is 23.2 Å². The molecule has 0 saturated carbocycles. The quantitative estimate of drug-likeness (QED) is 0.851. The Hall–Kier alpha value is -1.76. The van der Waals surface area contributed by atoms with Crippen LogP contribution in [0.4, 0.5) is 11.4 Å². The van der Waals surface area contributed by atoms with Crippen molar-refractivity contribution in [3.05, 3.63) is 58.1 Å². The number of nitrogens with zero attached hydrogens (tertiary/aromatic N) is 1. The molecule has 0 atom stereocenters. The zero-order chi connectivity index (χ0) is 17.9. The van der Waals surface area contributed by atoms with Gasteiger partial charge in [-0.15, -0.1) is 0 Å². The Morgan fingerprint density at radius 2 is 1.83 bits per heavy atom. The molecule has 0 aliphatic rings. The summed E-state index contributed by atoms with van der Waals surface area (Å²) in [7, 11) is -3.63. The molecule has 2 aromatic rings.